The number of hydrogen-bond acceptors (Lipinski definition) is 4. The molecule has 0 aliphatic rings. The van der Waals surface area contributed by atoms with Gasteiger partial charge in [0.05, 0.1) is 12.2 Å². The first-order chi connectivity index (χ1) is 10.4. The lowest BCUT2D eigenvalue weighted by Crippen LogP contribution is -2.35. The normalized spacial score (nSPS) is 11.4. The number of sulfonamides is 1. The molecule has 22 heavy (non-hydrogen) atoms. The molecule has 0 atom stereocenters. The van der Waals surface area contributed by atoms with E-state index in [9.17, 15) is 17.6 Å². The van der Waals surface area contributed by atoms with Crippen molar-refractivity contribution in [3.05, 3.63) is 54.6 Å². The van der Waals surface area contributed by atoms with E-state index in [1.807, 2.05) is 0 Å². The lowest BCUT2D eigenvalue weighted by atomic mass is 10.3. The molecule has 0 bridgehead atoms. The Bertz CT molecular complexity index is 766. The molecule has 1 N–H and O–H groups in total. The van der Waals surface area contributed by atoms with E-state index in [0.29, 0.717) is 0 Å². The average molecular weight is 323 g/mol. The van der Waals surface area contributed by atoms with E-state index in [1.54, 1.807) is 6.07 Å². The van der Waals surface area contributed by atoms with Crippen molar-refractivity contribution in [2.24, 2.45) is 0 Å². The summed E-state index contributed by atoms with van der Waals surface area (Å²) in [7, 11) is -2.55. The van der Waals surface area contributed by atoms with Crippen LogP contribution in [-0.2, 0) is 14.8 Å². The van der Waals surface area contributed by atoms with Gasteiger partial charge in [-0.2, -0.15) is 4.31 Å². The molecule has 8 heteroatoms. The van der Waals surface area contributed by atoms with Gasteiger partial charge in [0.2, 0.25) is 15.9 Å². The van der Waals surface area contributed by atoms with Gasteiger partial charge in [0, 0.05) is 19.4 Å². The molecule has 0 unspecified atom stereocenters. The summed E-state index contributed by atoms with van der Waals surface area (Å²) in [6, 6.07) is 8.51. The van der Waals surface area contributed by atoms with Crippen LogP contribution in [0, 0.1) is 5.82 Å². The molecule has 0 aliphatic heterocycles. The molecule has 116 valence electrons. The number of rotatable bonds is 5. The van der Waals surface area contributed by atoms with Crippen molar-refractivity contribution in [3.63, 3.8) is 0 Å². The summed E-state index contributed by atoms with van der Waals surface area (Å²) in [6.45, 7) is -0.439. The molecule has 0 radical (unpaired) electrons. The highest BCUT2D eigenvalue weighted by molar-refractivity contribution is 7.89. The summed E-state index contributed by atoms with van der Waals surface area (Å²) in [5, 5.41) is 2.33. The van der Waals surface area contributed by atoms with Gasteiger partial charge in [0.15, 0.2) is 0 Å². The number of anilines is 1. The van der Waals surface area contributed by atoms with Crippen LogP contribution in [-0.4, -0.2) is 37.2 Å². The molecule has 6 nitrogen and oxygen atoms in total. The van der Waals surface area contributed by atoms with Crippen LogP contribution in [0.25, 0.3) is 0 Å². The first-order valence-electron chi connectivity index (χ1n) is 6.32. The quantitative estimate of drug-likeness (QED) is 0.904. The second kappa shape index (κ2) is 6.63. The fourth-order valence-electron chi connectivity index (χ4n) is 1.72. The molecule has 0 spiro atoms. The fourth-order valence-corrected chi connectivity index (χ4v) is 2.81. The van der Waals surface area contributed by atoms with Crippen molar-refractivity contribution in [1.82, 2.24) is 9.29 Å². The smallest absolute Gasteiger partial charge is 0.244 e. The lowest BCUT2D eigenvalue weighted by Gasteiger charge is -2.16. The molecule has 1 aromatic carbocycles. The zero-order valence-electron chi connectivity index (χ0n) is 11.7. The van der Waals surface area contributed by atoms with Crippen LogP contribution in [0.3, 0.4) is 0 Å². The Morgan fingerprint density at radius 3 is 2.64 bits per heavy atom. The number of benzene rings is 1. The summed E-state index contributed by atoms with van der Waals surface area (Å²) < 4.78 is 38.7. The Labute approximate surface area is 127 Å². The maximum absolute atomic E-state index is 13.4. The molecule has 1 aromatic heterocycles. The minimum atomic E-state index is -3.82. The number of para-hydroxylation sites is 1. The molecule has 1 heterocycles. The number of pyridine rings is 1. The van der Waals surface area contributed by atoms with Crippen LogP contribution in [0.1, 0.15) is 0 Å². The van der Waals surface area contributed by atoms with E-state index in [2.05, 4.69) is 10.3 Å². The number of halogens is 1. The standard InChI is InChI=1S/C14H14FN3O3S/c1-18(22(20,21)11-5-4-8-16-9-11)10-14(19)17-13-7-3-2-6-12(13)15/h2-9H,10H2,1H3,(H,17,19). The minimum absolute atomic E-state index is 0.000300. The summed E-state index contributed by atoms with van der Waals surface area (Å²) in [6.07, 6.45) is 2.64. The van der Waals surface area contributed by atoms with Gasteiger partial charge in [-0.1, -0.05) is 12.1 Å². The van der Waals surface area contributed by atoms with Crippen LogP contribution in [0.2, 0.25) is 0 Å². The predicted molar refractivity (Wildman–Crippen MR) is 79.1 cm³/mol. The minimum Gasteiger partial charge on any atom is -0.322 e. The average Bonchev–Trinajstić information content (AvgIpc) is 2.50. The van der Waals surface area contributed by atoms with Crippen LogP contribution in [0.4, 0.5) is 10.1 Å². The monoisotopic (exact) mass is 323 g/mol. The van der Waals surface area contributed by atoms with Crippen molar-refractivity contribution < 1.29 is 17.6 Å². The zero-order chi connectivity index (χ0) is 16.2. The van der Waals surface area contributed by atoms with Crippen molar-refractivity contribution >= 4 is 21.6 Å². The highest BCUT2D eigenvalue weighted by Crippen LogP contribution is 2.14. The summed E-state index contributed by atoms with van der Waals surface area (Å²) in [4.78, 5) is 15.6. The van der Waals surface area contributed by atoms with Gasteiger partial charge in [0.25, 0.3) is 0 Å². The third-order valence-electron chi connectivity index (χ3n) is 2.86. The van der Waals surface area contributed by atoms with Crippen LogP contribution in [0.15, 0.2) is 53.7 Å². The van der Waals surface area contributed by atoms with Crippen LogP contribution >= 0.6 is 0 Å². The highest BCUT2D eigenvalue weighted by atomic mass is 32.2. The van der Waals surface area contributed by atoms with E-state index >= 15 is 0 Å². The summed E-state index contributed by atoms with van der Waals surface area (Å²) in [5.41, 5.74) is -0.000300. The molecule has 0 saturated carbocycles. The van der Waals surface area contributed by atoms with Crippen molar-refractivity contribution in [2.75, 3.05) is 18.9 Å². The first-order valence-corrected chi connectivity index (χ1v) is 7.76. The lowest BCUT2D eigenvalue weighted by molar-refractivity contribution is -0.116. The molecule has 0 fully saturated rings. The molecular formula is C14H14FN3O3S. The number of carbonyl (C=O) groups excluding carboxylic acids is 1. The molecule has 2 rings (SSSR count). The van der Waals surface area contributed by atoms with E-state index in [1.165, 1.54) is 49.8 Å². The van der Waals surface area contributed by atoms with Gasteiger partial charge in [-0.25, -0.2) is 12.8 Å². The number of likely N-dealkylation sites (N-methyl/N-ethyl adjacent to an activating group) is 1. The van der Waals surface area contributed by atoms with Gasteiger partial charge >= 0.3 is 0 Å². The number of amides is 1. The predicted octanol–water partition coefficient (Wildman–Crippen LogP) is 1.48. The first kappa shape index (κ1) is 16.1. The topological polar surface area (TPSA) is 79.4 Å². The SMILES string of the molecule is CN(CC(=O)Nc1ccccc1F)S(=O)(=O)c1cccnc1. The van der Waals surface area contributed by atoms with Gasteiger partial charge < -0.3 is 5.32 Å². The van der Waals surface area contributed by atoms with Gasteiger partial charge in [-0.05, 0) is 24.3 Å². The Morgan fingerprint density at radius 1 is 1.27 bits per heavy atom. The third kappa shape index (κ3) is 3.66. The van der Waals surface area contributed by atoms with Crippen molar-refractivity contribution in [2.45, 2.75) is 4.90 Å². The number of nitrogens with zero attached hydrogens (tertiary/aromatic N) is 2. The summed E-state index contributed by atoms with van der Waals surface area (Å²) in [5.74, 6) is -1.23. The Balaban J connectivity index is 2.07. The molecule has 0 saturated heterocycles. The summed E-state index contributed by atoms with van der Waals surface area (Å²) >= 11 is 0. The Hall–Kier alpha value is -2.32. The van der Waals surface area contributed by atoms with E-state index in [0.717, 1.165) is 4.31 Å². The van der Waals surface area contributed by atoms with Crippen molar-refractivity contribution in [3.8, 4) is 0 Å². The fraction of sp³-hybridized carbons (Fsp3) is 0.143. The molecule has 0 aliphatic carbocycles. The van der Waals surface area contributed by atoms with Gasteiger partial charge in [-0.15, -0.1) is 0 Å². The molecule has 2 aromatic rings. The number of aromatic nitrogens is 1. The number of nitrogens with one attached hydrogen (secondary N) is 1. The maximum atomic E-state index is 13.4. The van der Waals surface area contributed by atoms with Gasteiger partial charge in [-0.3, -0.25) is 9.78 Å². The van der Waals surface area contributed by atoms with Crippen LogP contribution < -0.4 is 5.32 Å². The largest absolute Gasteiger partial charge is 0.322 e. The van der Waals surface area contributed by atoms with Gasteiger partial charge in [0.1, 0.15) is 10.7 Å². The third-order valence-corrected chi connectivity index (χ3v) is 4.64. The van der Waals surface area contributed by atoms with E-state index in [-0.39, 0.29) is 10.6 Å². The second-order valence-corrected chi connectivity index (χ2v) is 6.52. The molecule has 1 amide bonds. The van der Waals surface area contributed by atoms with E-state index in [4.69, 9.17) is 0 Å². The Kier molecular flexibility index (Phi) is 4.84. The number of hydrogen-bond donors (Lipinski definition) is 1. The van der Waals surface area contributed by atoms with Crippen LogP contribution in [0.5, 0.6) is 0 Å². The molecular weight excluding hydrogens is 309 g/mol. The zero-order valence-corrected chi connectivity index (χ0v) is 12.5. The highest BCUT2D eigenvalue weighted by Gasteiger charge is 2.23. The van der Waals surface area contributed by atoms with Crippen molar-refractivity contribution in [1.29, 1.82) is 0 Å². The maximum Gasteiger partial charge on any atom is 0.244 e. The second-order valence-electron chi connectivity index (χ2n) is 4.48. The van der Waals surface area contributed by atoms with E-state index < -0.39 is 28.3 Å². The Morgan fingerprint density at radius 2 is 2.00 bits per heavy atom. The number of carbonyl (C=O) groups is 1.